The first-order valence-corrected chi connectivity index (χ1v) is 31.4. The number of hydrogen-bond acceptors (Lipinski definition) is 10. The van der Waals surface area contributed by atoms with E-state index in [0.717, 1.165) is 51.4 Å². The number of aliphatic hydroxyl groups excluding tert-OH is 4. The van der Waals surface area contributed by atoms with E-state index < -0.39 is 59.9 Å². The van der Waals surface area contributed by atoms with E-state index in [9.17, 15) is 38.2 Å². The molecular formula is C58H113NO11S. The van der Waals surface area contributed by atoms with Crippen molar-refractivity contribution in [3.63, 3.8) is 0 Å². The molecule has 0 bridgehead atoms. The fourth-order valence-corrected chi connectivity index (χ4v) is 10.4. The molecule has 0 aromatic heterocycles. The maximum atomic E-state index is 13.1. The van der Waals surface area contributed by atoms with Gasteiger partial charge in [-0.1, -0.05) is 264 Å². The molecule has 13 heteroatoms. The van der Waals surface area contributed by atoms with Crippen LogP contribution in [0.3, 0.4) is 0 Å². The van der Waals surface area contributed by atoms with E-state index in [-0.39, 0.29) is 12.5 Å². The van der Waals surface area contributed by atoms with Crippen LogP contribution in [-0.4, -0.2) is 95.4 Å². The van der Waals surface area contributed by atoms with Gasteiger partial charge in [0, 0.05) is 6.42 Å². The van der Waals surface area contributed by atoms with Crippen LogP contribution in [0, 0.1) is 0 Å². The minimum absolute atomic E-state index is 0.225. The molecule has 0 radical (unpaired) electrons. The molecule has 1 aliphatic rings. The smallest absolute Gasteiger partial charge is 0.394 e. The van der Waals surface area contributed by atoms with E-state index >= 15 is 0 Å². The van der Waals surface area contributed by atoms with Crippen LogP contribution in [0.2, 0.25) is 0 Å². The lowest BCUT2D eigenvalue weighted by atomic mass is 9.99. The predicted octanol–water partition coefficient (Wildman–Crippen LogP) is 14.2. The Labute approximate surface area is 436 Å². The van der Waals surface area contributed by atoms with E-state index in [2.05, 4.69) is 35.5 Å². The maximum Gasteiger partial charge on any atom is 0.397 e. The number of carbonyl (C=O) groups excluding carboxylic acids is 1. The molecular weight excluding hydrogens is 919 g/mol. The number of aliphatic hydroxyl groups is 4. The number of nitrogens with one attached hydrogen (secondary N) is 1. The first kappa shape index (κ1) is 67.9. The highest BCUT2D eigenvalue weighted by molar-refractivity contribution is 7.80. The van der Waals surface area contributed by atoms with E-state index in [1.165, 1.54) is 218 Å². The van der Waals surface area contributed by atoms with E-state index in [0.29, 0.717) is 12.8 Å². The molecule has 1 rings (SSSR count). The summed E-state index contributed by atoms with van der Waals surface area (Å²) < 4.78 is 47.9. The molecule has 1 amide bonds. The highest BCUT2D eigenvalue weighted by atomic mass is 32.3. The van der Waals surface area contributed by atoms with E-state index in [1.54, 1.807) is 0 Å². The van der Waals surface area contributed by atoms with Gasteiger partial charge in [-0.15, -0.1) is 0 Å². The van der Waals surface area contributed by atoms with Gasteiger partial charge in [0.25, 0.3) is 0 Å². The number of ether oxygens (including phenoxy) is 2. The summed E-state index contributed by atoms with van der Waals surface area (Å²) in [7, 11) is -5.08. The molecule has 0 aromatic carbocycles. The molecule has 6 N–H and O–H groups in total. The monoisotopic (exact) mass is 1030 g/mol. The minimum Gasteiger partial charge on any atom is -0.394 e. The van der Waals surface area contributed by atoms with Crippen LogP contribution >= 0.6 is 0 Å². The predicted molar refractivity (Wildman–Crippen MR) is 292 cm³/mol. The second-order valence-corrected chi connectivity index (χ2v) is 22.3. The molecule has 12 nitrogen and oxygen atoms in total. The number of carbonyl (C=O) groups is 1. The fraction of sp³-hybridized carbons (Fsp3) is 0.948. The molecule has 7 unspecified atom stereocenters. The van der Waals surface area contributed by atoms with Crippen LogP contribution < -0.4 is 5.32 Å². The van der Waals surface area contributed by atoms with Gasteiger partial charge in [-0.2, -0.15) is 8.42 Å². The van der Waals surface area contributed by atoms with Gasteiger partial charge < -0.3 is 35.2 Å². The van der Waals surface area contributed by atoms with Crippen molar-refractivity contribution >= 4 is 16.3 Å². The Morgan fingerprint density at radius 3 is 1.27 bits per heavy atom. The Kier molecular flexibility index (Phi) is 46.3. The Bertz CT molecular complexity index is 1310. The van der Waals surface area contributed by atoms with E-state index in [1.807, 2.05) is 0 Å². The molecule has 0 saturated carbocycles. The minimum atomic E-state index is -5.08. The molecule has 422 valence electrons. The Morgan fingerprint density at radius 1 is 0.549 bits per heavy atom. The van der Waals surface area contributed by atoms with Crippen molar-refractivity contribution in [3.8, 4) is 0 Å². The highest BCUT2D eigenvalue weighted by Crippen LogP contribution is 2.26. The summed E-state index contributed by atoms with van der Waals surface area (Å²) in [6.45, 7) is 3.49. The number of allylic oxidation sites excluding steroid dienone is 2. The van der Waals surface area contributed by atoms with Crippen LogP contribution in [0.5, 0.6) is 0 Å². The zero-order valence-electron chi connectivity index (χ0n) is 45.8. The SMILES string of the molecule is CCCCCCCCCCCCCC/C=C\CCCCCCCCCCCCCCCC(=O)NC(COC1OC(CO)C(O)C(OS(=O)(=O)O)C1O)C(O)CCCCCCCCCCCCCCCCC. The van der Waals surface area contributed by atoms with Gasteiger partial charge >= 0.3 is 10.4 Å². The standard InChI is InChI=1S/C58H113NO11S/c1-3-5-7-9-11-13-15-17-19-20-21-22-23-24-25-26-27-28-29-30-31-32-34-36-38-40-42-44-46-48-54(62)59-51(50-68-58-56(64)57(70-71(65,66)67)55(63)53(49-60)69-58)52(61)47-45-43-41-39-37-35-33-18-16-14-12-10-8-6-4-2/h24-25,51-53,55-58,60-61,63-64H,3-23,26-50H2,1-2H3,(H,59,62)(H,65,66,67)/b25-24-. The molecule has 71 heavy (non-hydrogen) atoms. The van der Waals surface area contributed by atoms with Crippen molar-refractivity contribution in [2.24, 2.45) is 0 Å². The lowest BCUT2D eigenvalue weighted by molar-refractivity contribution is -0.298. The Morgan fingerprint density at radius 2 is 0.901 bits per heavy atom. The maximum absolute atomic E-state index is 13.1. The van der Waals surface area contributed by atoms with Crippen molar-refractivity contribution in [2.45, 2.75) is 339 Å². The topological polar surface area (TPSA) is 192 Å². The van der Waals surface area contributed by atoms with Gasteiger partial charge in [0.15, 0.2) is 6.29 Å². The Balaban J connectivity index is 2.27. The second kappa shape index (κ2) is 48.5. The zero-order valence-corrected chi connectivity index (χ0v) is 46.6. The summed E-state index contributed by atoms with van der Waals surface area (Å²) in [6, 6.07) is -0.855. The zero-order chi connectivity index (χ0) is 51.9. The van der Waals surface area contributed by atoms with Gasteiger partial charge in [0.2, 0.25) is 5.91 Å². The van der Waals surface area contributed by atoms with Gasteiger partial charge in [-0.05, 0) is 38.5 Å². The average molecular weight is 1030 g/mol. The molecule has 1 fully saturated rings. The molecule has 0 spiro atoms. The quantitative estimate of drug-likeness (QED) is 0.0193. The third-order valence-corrected chi connectivity index (χ3v) is 15.0. The second-order valence-electron chi connectivity index (χ2n) is 21.3. The lowest BCUT2D eigenvalue weighted by Crippen LogP contribution is -2.61. The summed E-state index contributed by atoms with van der Waals surface area (Å²) in [5.74, 6) is -0.225. The summed E-state index contributed by atoms with van der Waals surface area (Å²) in [4.78, 5) is 13.1. The van der Waals surface area contributed by atoms with Gasteiger partial charge in [0.1, 0.15) is 24.4 Å². The van der Waals surface area contributed by atoms with Gasteiger partial charge in [0.05, 0.1) is 25.4 Å². The fourth-order valence-electron chi connectivity index (χ4n) is 9.93. The van der Waals surface area contributed by atoms with E-state index in [4.69, 9.17) is 9.47 Å². The number of unbranched alkanes of at least 4 members (excludes halogenated alkanes) is 39. The molecule has 1 heterocycles. The third-order valence-electron chi connectivity index (χ3n) is 14.6. The van der Waals surface area contributed by atoms with Crippen LogP contribution in [0.15, 0.2) is 12.2 Å². The molecule has 1 saturated heterocycles. The van der Waals surface area contributed by atoms with Crippen molar-refractivity contribution in [2.75, 3.05) is 13.2 Å². The number of hydrogen-bond donors (Lipinski definition) is 6. The van der Waals surface area contributed by atoms with Crippen molar-refractivity contribution < 1.29 is 51.8 Å². The number of rotatable bonds is 53. The summed E-state index contributed by atoms with van der Waals surface area (Å²) in [5, 5.41) is 45.1. The molecule has 0 aliphatic carbocycles. The third kappa shape index (κ3) is 40.8. The highest BCUT2D eigenvalue weighted by Gasteiger charge is 2.48. The molecule has 0 aromatic rings. The largest absolute Gasteiger partial charge is 0.397 e. The summed E-state index contributed by atoms with van der Waals surface area (Å²) in [6.07, 6.45) is 49.4. The molecule has 1 aliphatic heterocycles. The number of amides is 1. The van der Waals surface area contributed by atoms with Gasteiger partial charge in [-0.25, -0.2) is 4.18 Å². The first-order chi connectivity index (χ1) is 34.5. The van der Waals surface area contributed by atoms with Crippen LogP contribution in [-0.2, 0) is 28.9 Å². The summed E-state index contributed by atoms with van der Waals surface area (Å²) in [5.41, 5.74) is 0. The summed E-state index contributed by atoms with van der Waals surface area (Å²) >= 11 is 0. The van der Waals surface area contributed by atoms with Crippen molar-refractivity contribution in [1.82, 2.24) is 5.32 Å². The molecule has 7 atom stereocenters. The lowest BCUT2D eigenvalue weighted by Gasteiger charge is -2.41. The van der Waals surface area contributed by atoms with Crippen molar-refractivity contribution in [3.05, 3.63) is 12.2 Å². The van der Waals surface area contributed by atoms with Crippen LogP contribution in [0.1, 0.15) is 296 Å². The normalized spacial score (nSPS) is 19.5. The van der Waals surface area contributed by atoms with Gasteiger partial charge in [-0.3, -0.25) is 9.35 Å². The van der Waals surface area contributed by atoms with Crippen LogP contribution in [0.4, 0.5) is 0 Å². The average Bonchev–Trinajstić information content (AvgIpc) is 3.34. The van der Waals surface area contributed by atoms with Crippen molar-refractivity contribution in [1.29, 1.82) is 0 Å². The van der Waals surface area contributed by atoms with Crippen LogP contribution in [0.25, 0.3) is 0 Å². The first-order valence-electron chi connectivity index (χ1n) is 30.1. The Hall–Kier alpha value is -1.16.